The number of rotatable bonds is 5. The number of hydrogen-bond acceptors (Lipinski definition) is 5. The van der Waals surface area contributed by atoms with Crippen molar-refractivity contribution in [3.05, 3.63) is 30.1 Å². The molecule has 0 radical (unpaired) electrons. The number of nitrogens with zero attached hydrogens (tertiary/aromatic N) is 4. The summed E-state index contributed by atoms with van der Waals surface area (Å²) < 4.78 is 0. The number of carbonyl (C=O) groups excluding carboxylic acids is 1. The van der Waals surface area contributed by atoms with Crippen LogP contribution in [-0.2, 0) is 4.79 Å². The van der Waals surface area contributed by atoms with Crippen LogP contribution in [0.2, 0.25) is 0 Å². The van der Waals surface area contributed by atoms with Crippen molar-refractivity contribution in [3.8, 4) is 0 Å². The Hall–Kier alpha value is -1.95. The molecule has 1 N–H and O–H groups in total. The normalized spacial score (nSPS) is 20.4. The third-order valence-corrected chi connectivity index (χ3v) is 4.83. The maximum absolute atomic E-state index is 12.3. The smallest absolute Gasteiger partial charge is 0.234 e. The highest BCUT2D eigenvalue weighted by Crippen LogP contribution is 2.20. The van der Waals surface area contributed by atoms with Crippen molar-refractivity contribution < 1.29 is 4.79 Å². The average molecular weight is 329 g/mol. The summed E-state index contributed by atoms with van der Waals surface area (Å²) >= 11 is 0. The first-order chi connectivity index (χ1) is 11.7. The monoisotopic (exact) mass is 329 g/mol. The van der Waals surface area contributed by atoms with Crippen molar-refractivity contribution in [3.63, 3.8) is 0 Å². The fraction of sp³-hybridized carbons (Fsp3) is 0.611. The minimum Gasteiger partial charge on any atom is -0.349 e. The lowest BCUT2D eigenvalue weighted by Gasteiger charge is -2.34. The van der Waals surface area contributed by atoms with Crippen molar-refractivity contribution in [2.24, 2.45) is 0 Å². The number of nitrogens with one attached hydrogen (secondary N) is 1. The Kier molecular flexibility index (Phi) is 5.80. The van der Waals surface area contributed by atoms with E-state index in [9.17, 15) is 4.79 Å². The molecule has 0 spiro atoms. The van der Waals surface area contributed by atoms with Gasteiger partial charge in [-0.3, -0.25) is 9.69 Å². The van der Waals surface area contributed by atoms with Crippen LogP contribution in [0, 0.1) is 0 Å². The van der Waals surface area contributed by atoms with Crippen molar-refractivity contribution in [2.45, 2.75) is 38.6 Å². The molecule has 1 fully saturated rings. The van der Waals surface area contributed by atoms with Crippen LogP contribution in [0.1, 0.15) is 32.6 Å². The lowest BCUT2D eigenvalue weighted by molar-refractivity contribution is -0.122. The van der Waals surface area contributed by atoms with Gasteiger partial charge in [-0.1, -0.05) is 11.6 Å². The maximum atomic E-state index is 12.3. The van der Waals surface area contributed by atoms with Gasteiger partial charge in [0.1, 0.15) is 0 Å². The predicted molar refractivity (Wildman–Crippen MR) is 94.8 cm³/mol. The van der Waals surface area contributed by atoms with Crippen LogP contribution in [-0.4, -0.2) is 59.5 Å². The van der Waals surface area contributed by atoms with Gasteiger partial charge in [0.15, 0.2) is 0 Å². The highest BCUT2D eigenvalue weighted by molar-refractivity contribution is 5.78. The number of hydrogen-bond donors (Lipinski definition) is 1. The Morgan fingerprint density at radius 2 is 1.96 bits per heavy atom. The van der Waals surface area contributed by atoms with Crippen molar-refractivity contribution in [1.29, 1.82) is 0 Å². The molecule has 2 aliphatic rings. The SMILES string of the molecule is CC(NC(=O)CN1CCN(c2ncccn2)CC1)C1=CCCCC1. The third-order valence-electron chi connectivity index (χ3n) is 4.83. The van der Waals surface area contributed by atoms with Gasteiger partial charge in [-0.2, -0.15) is 0 Å². The summed E-state index contributed by atoms with van der Waals surface area (Å²) in [5.74, 6) is 0.901. The molecular formula is C18H27N5O. The summed E-state index contributed by atoms with van der Waals surface area (Å²) in [6.07, 6.45) is 10.6. The molecule has 1 unspecified atom stereocenters. The van der Waals surface area contributed by atoms with E-state index in [1.807, 2.05) is 6.07 Å². The van der Waals surface area contributed by atoms with E-state index in [1.165, 1.54) is 18.4 Å². The Balaban J connectivity index is 1.42. The van der Waals surface area contributed by atoms with Gasteiger partial charge in [0.05, 0.1) is 6.54 Å². The lowest BCUT2D eigenvalue weighted by Crippen LogP contribution is -2.50. The molecule has 0 aromatic carbocycles. The van der Waals surface area contributed by atoms with E-state index in [0.717, 1.165) is 45.0 Å². The van der Waals surface area contributed by atoms with Gasteiger partial charge in [-0.15, -0.1) is 0 Å². The molecule has 6 nitrogen and oxygen atoms in total. The van der Waals surface area contributed by atoms with E-state index in [0.29, 0.717) is 6.54 Å². The predicted octanol–water partition coefficient (Wildman–Crippen LogP) is 1.60. The van der Waals surface area contributed by atoms with Crippen LogP contribution < -0.4 is 10.2 Å². The van der Waals surface area contributed by atoms with Crippen LogP contribution in [0.4, 0.5) is 5.95 Å². The number of amides is 1. The third kappa shape index (κ3) is 4.54. The first kappa shape index (κ1) is 16.9. The number of piperazine rings is 1. The van der Waals surface area contributed by atoms with Gasteiger partial charge in [-0.25, -0.2) is 9.97 Å². The van der Waals surface area contributed by atoms with E-state index >= 15 is 0 Å². The van der Waals surface area contributed by atoms with Gasteiger partial charge >= 0.3 is 0 Å². The molecule has 3 rings (SSSR count). The van der Waals surface area contributed by atoms with E-state index in [1.54, 1.807) is 12.4 Å². The molecule has 6 heteroatoms. The summed E-state index contributed by atoms with van der Waals surface area (Å²) in [7, 11) is 0. The Bertz CT molecular complexity index is 566. The first-order valence-corrected chi connectivity index (χ1v) is 8.95. The molecule has 1 amide bonds. The molecule has 130 valence electrons. The number of allylic oxidation sites excluding steroid dienone is 1. The second kappa shape index (κ2) is 8.24. The minimum atomic E-state index is 0.124. The van der Waals surface area contributed by atoms with Crippen molar-refractivity contribution in [1.82, 2.24) is 20.2 Å². The summed E-state index contributed by atoms with van der Waals surface area (Å²) in [5, 5.41) is 3.15. The average Bonchev–Trinajstić information content (AvgIpc) is 2.64. The van der Waals surface area contributed by atoms with Gasteiger partial charge in [0, 0.05) is 44.6 Å². The van der Waals surface area contributed by atoms with E-state index in [-0.39, 0.29) is 11.9 Å². The molecule has 1 aromatic heterocycles. The van der Waals surface area contributed by atoms with Gasteiger partial charge in [0.25, 0.3) is 0 Å². The summed E-state index contributed by atoms with van der Waals surface area (Å²) in [6.45, 7) is 6.02. The lowest BCUT2D eigenvalue weighted by atomic mass is 9.95. The standard InChI is InChI=1S/C18H27N5O/c1-15(16-6-3-2-4-7-16)21-17(24)14-22-10-12-23(13-11-22)18-19-8-5-9-20-18/h5-6,8-9,15H,2-4,7,10-14H2,1H3,(H,21,24). The van der Waals surface area contributed by atoms with Crippen molar-refractivity contribution in [2.75, 3.05) is 37.6 Å². The number of aromatic nitrogens is 2. The molecule has 0 saturated carbocycles. The van der Waals surface area contributed by atoms with Crippen LogP contribution >= 0.6 is 0 Å². The van der Waals surface area contributed by atoms with Gasteiger partial charge in [-0.05, 0) is 38.7 Å². The highest BCUT2D eigenvalue weighted by atomic mass is 16.2. The topological polar surface area (TPSA) is 61.4 Å². The van der Waals surface area contributed by atoms with E-state index in [4.69, 9.17) is 0 Å². The largest absolute Gasteiger partial charge is 0.349 e. The number of anilines is 1. The zero-order valence-corrected chi connectivity index (χ0v) is 14.4. The molecule has 1 aliphatic carbocycles. The molecule has 1 aliphatic heterocycles. The fourth-order valence-corrected chi connectivity index (χ4v) is 3.40. The molecular weight excluding hydrogens is 302 g/mol. The molecule has 1 atom stereocenters. The zero-order chi connectivity index (χ0) is 16.8. The quantitative estimate of drug-likeness (QED) is 0.832. The van der Waals surface area contributed by atoms with Crippen LogP contribution in [0.15, 0.2) is 30.1 Å². The fourth-order valence-electron chi connectivity index (χ4n) is 3.40. The Morgan fingerprint density at radius 3 is 2.62 bits per heavy atom. The summed E-state index contributed by atoms with van der Waals surface area (Å²) in [4.78, 5) is 25.3. The highest BCUT2D eigenvalue weighted by Gasteiger charge is 2.21. The van der Waals surface area contributed by atoms with Crippen molar-refractivity contribution >= 4 is 11.9 Å². The van der Waals surface area contributed by atoms with Gasteiger partial charge in [0.2, 0.25) is 11.9 Å². The van der Waals surface area contributed by atoms with Gasteiger partial charge < -0.3 is 10.2 Å². The second-order valence-electron chi connectivity index (χ2n) is 6.63. The Labute approximate surface area is 144 Å². The molecule has 0 bridgehead atoms. The second-order valence-corrected chi connectivity index (χ2v) is 6.63. The summed E-state index contributed by atoms with van der Waals surface area (Å²) in [5.41, 5.74) is 1.39. The van der Waals surface area contributed by atoms with E-state index < -0.39 is 0 Å². The molecule has 1 aromatic rings. The van der Waals surface area contributed by atoms with Crippen LogP contribution in [0.25, 0.3) is 0 Å². The molecule has 1 saturated heterocycles. The van der Waals surface area contributed by atoms with Crippen LogP contribution in [0.3, 0.4) is 0 Å². The maximum Gasteiger partial charge on any atom is 0.234 e. The minimum absolute atomic E-state index is 0.124. The summed E-state index contributed by atoms with van der Waals surface area (Å²) in [6, 6.07) is 1.99. The first-order valence-electron chi connectivity index (χ1n) is 8.95. The van der Waals surface area contributed by atoms with Crippen LogP contribution in [0.5, 0.6) is 0 Å². The molecule has 2 heterocycles. The Morgan fingerprint density at radius 1 is 1.21 bits per heavy atom. The molecule has 24 heavy (non-hydrogen) atoms. The number of carbonyl (C=O) groups is 1. The zero-order valence-electron chi connectivity index (χ0n) is 14.4. The van der Waals surface area contributed by atoms with E-state index in [2.05, 4.69) is 38.1 Å².